The van der Waals surface area contributed by atoms with E-state index in [-0.39, 0.29) is 98.9 Å². The van der Waals surface area contributed by atoms with Gasteiger partial charge in [0.1, 0.15) is 0 Å². The molecule has 2 rings (SSSR count). The summed E-state index contributed by atoms with van der Waals surface area (Å²) in [5.74, 6) is -3.46. The number of Topliss-reactive ketones (excluding diaryl/α,β-unsaturated/α-hetero) is 2. The molecule has 0 aliphatic rings. The second kappa shape index (κ2) is 30.5. The fourth-order valence-electron chi connectivity index (χ4n) is 5.78. The fraction of sp³-hybridized carbons (Fsp3) is 0.545. The summed E-state index contributed by atoms with van der Waals surface area (Å²) in [7, 11) is 2.63. The molecule has 6 N–H and O–H groups in total. The van der Waals surface area contributed by atoms with Gasteiger partial charge < -0.3 is 41.0 Å². The van der Waals surface area contributed by atoms with E-state index in [1.165, 1.54) is 14.2 Å². The van der Waals surface area contributed by atoms with Crippen LogP contribution in [0.25, 0.3) is 0 Å². The van der Waals surface area contributed by atoms with E-state index in [1.807, 2.05) is 18.2 Å². The van der Waals surface area contributed by atoms with Crippen LogP contribution in [0.3, 0.4) is 0 Å². The van der Waals surface area contributed by atoms with Crippen LogP contribution >= 0.6 is 31.9 Å². The maximum Gasteiger partial charge on any atom is 0.305 e. The number of hydrogen-bond donors (Lipinski definition) is 6. The average molecular weight is 999 g/mol. The molecule has 0 spiro atoms. The number of nitrogens with one attached hydrogen (secondary N) is 4. The molecule has 0 radical (unpaired) electrons. The smallest absolute Gasteiger partial charge is 0.305 e. The third-order valence-electron chi connectivity index (χ3n) is 9.47. The van der Waals surface area contributed by atoms with Crippen molar-refractivity contribution in [3.05, 3.63) is 58.7 Å². The Hall–Kier alpha value is -4.52. The lowest BCUT2D eigenvalue weighted by Gasteiger charge is -2.17. The Morgan fingerprint density at radius 1 is 0.532 bits per heavy atom. The van der Waals surface area contributed by atoms with Gasteiger partial charge in [0.15, 0.2) is 11.6 Å². The summed E-state index contributed by atoms with van der Waals surface area (Å²) in [6.45, 7) is 6.01. The van der Waals surface area contributed by atoms with Gasteiger partial charge in [-0.05, 0) is 86.1 Å². The topological polar surface area (TPSA) is 244 Å². The highest BCUT2D eigenvalue weighted by molar-refractivity contribution is 9.08. The van der Waals surface area contributed by atoms with Crippen molar-refractivity contribution in [3.63, 3.8) is 0 Å². The molecule has 0 saturated carbocycles. The molecular formula is C44H62Br2N4O12. The van der Waals surface area contributed by atoms with Gasteiger partial charge in [0.25, 0.3) is 0 Å². The summed E-state index contributed by atoms with van der Waals surface area (Å²) in [6, 6.07) is 9.20. The molecule has 0 saturated heterocycles. The molecular weight excluding hydrogens is 936 g/mol. The van der Waals surface area contributed by atoms with Crippen LogP contribution in [0.2, 0.25) is 0 Å². The Labute approximate surface area is 380 Å². The summed E-state index contributed by atoms with van der Waals surface area (Å²) in [4.78, 5) is 95.8. The van der Waals surface area contributed by atoms with E-state index in [0.29, 0.717) is 58.8 Å². The number of rotatable bonds is 26. The van der Waals surface area contributed by atoms with Crippen LogP contribution in [-0.2, 0) is 71.7 Å². The summed E-state index contributed by atoms with van der Waals surface area (Å²) in [5, 5.41) is 30.7. The molecule has 4 amide bonds. The van der Waals surface area contributed by atoms with Gasteiger partial charge in [-0.1, -0.05) is 57.8 Å². The van der Waals surface area contributed by atoms with Crippen LogP contribution in [0.4, 0.5) is 11.4 Å². The van der Waals surface area contributed by atoms with E-state index < -0.39 is 23.9 Å². The number of ether oxygens (including phenoxy) is 2. The number of amides is 4. The molecule has 0 bridgehead atoms. The van der Waals surface area contributed by atoms with Gasteiger partial charge in [0.2, 0.25) is 23.6 Å². The first-order valence-corrected chi connectivity index (χ1v) is 22.6. The number of esters is 2. The van der Waals surface area contributed by atoms with Crippen LogP contribution in [0, 0.1) is 11.8 Å². The average Bonchev–Trinajstić information content (AvgIpc) is 3.25. The molecule has 0 unspecified atom stereocenters. The minimum atomic E-state index is -0.734. The molecule has 0 aliphatic heterocycles. The zero-order valence-electron chi connectivity index (χ0n) is 36.4. The van der Waals surface area contributed by atoms with Crippen LogP contribution < -0.4 is 21.3 Å². The van der Waals surface area contributed by atoms with Crippen LogP contribution in [0.5, 0.6) is 0 Å². The van der Waals surface area contributed by atoms with E-state index >= 15 is 0 Å². The Kier molecular flexibility index (Phi) is 27.3. The maximum atomic E-state index is 12.5. The zero-order valence-corrected chi connectivity index (χ0v) is 39.6. The van der Waals surface area contributed by atoms with Crippen molar-refractivity contribution in [2.45, 2.75) is 128 Å². The number of halogens is 2. The van der Waals surface area contributed by atoms with Gasteiger partial charge in [0.05, 0.1) is 39.5 Å². The highest BCUT2D eigenvalue weighted by Crippen LogP contribution is 2.21. The van der Waals surface area contributed by atoms with Gasteiger partial charge in [-0.25, -0.2) is 0 Å². The number of unbranched alkanes of at least 4 members (excludes halogenated alkanes) is 2. The molecule has 18 heteroatoms. The van der Waals surface area contributed by atoms with Crippen LogP contribution in [0.1, 0.15) is 114 Å². The first-order valence-electron chi connectivity index (χ1n) is 20.4. The molecule has 2 aromatic carbocycles. The lowest BCUT2D eigenvalue weighted by atomic mass is 9.99. The van der Waals surface area contributed by atoms with Gasteiger partial charge in [0, 0.05) is 72.4 Å². The standard InChI is InChI=1S/C22H30Br2N2O5.C22H32N2O7/c1-14(22(30)26-18-10-16(12-23)9-17(11-18)13-24)8-19(27)15(2)25-20(28)6-4-5-7-21(29)31-3;1-14(22(30)24-18-10-16(12-25)9-17(11-18)13-26)8-19(27)15(2)23-20(28)6-4-5-7-21(29)31-3/h9-11,14-15H,4-8,12-13H2,1-3H3,(H,25,28)(H,26,30);9-11,14-15,25-26H,4-8,12-13H2,1-3H3,(H,23,28)(H,24,30)/t2*14-,15-/m00/s1. The van der Waals surface area contributed by atoms with Gasteiger partial charge in [-0.2, -0.15) is 0 Å². The zero-order chi connectivity index (χ0) is 46.8. The van der Waals surface area contributed by atoms with E-state index in [9.17, 15) is 48.6 Å². The van der Waals surface area contributed by atoms with Crippen molar-refractivity contribution in [1.29, 1.82) is 0 Å². The lowest BCUT2D eigenvalue weighted by Crippen LogP contribution is -2.39. The summed E-state index contributed by atoms with van der Waals surface area (Å²) >= 11 is 6.84. The Morgan fingerprint density at radius 2 is 0.855 bits per heavy atom. The van der Waals surface area contributed by atoms with Crippen LogP contribution in [-0.4, -0.2) is 83.7 Å². The number of carbonyl (C=O) groups excluding carboxylic acids is 8. The number of aliphatic hydroxyl groups is 2. The number of carbonyl (C=O) groups is 8. The number of ketones is 2. The molecule has 344 valence electrons. The van der Waals surface area contributed by atoms with Gasteiger partial charge >= 0.3 is 11.9 Å². The number of hydrogen-bond acceptors (Lipinski definition) is 12. The minimum absolute atomic E-state index is 0.0268. The molecule has 0 aromatic heterocycles. The number of anilines is 2. The summed E-state index contributed by atoms with van der Waals surface area (Å²) < 4.78 is 9.08. The monoisotopic (exact) mass is 996 g/mol. The molecule has 0 fully saturated rings. The maximum absolute atomic E-state index is 12.5. The normalized spacial score (nSPS) is 12.5. The van der Waals surface area contributed by atoms with Crippen LogP contribution in [0.15, 0.2) is 36.4 Å². The molecule has 16 nitrogen and oxygen atoms in total. The number of methoxy groups -OCH3 is 2. The van der Waals surface area contributed by atoms with Crippen molar-refractivity contribution in [3.8, 4) is 0 Å². The summed E-state index contributed by atoms with van der Waals surface area (Å²) in [5.41, 5.74) is 4.29. The second-order valence-electron chi connectivity index (χ2n) is 14.9. The lowest BCUT2D eigenvalue weighted by molar-refractivity contribution is -0.141. The van der Waals surface area contributed by atoms with Crippen molar-refractivity contribution in [2.75, 3.05) is 24.9 Å². The van der Waals surface area contributed by atoms with Gasteiger partial charge in [-0.3, -0.25) is 38.4 Å². The van der Waals surface area contributed by atoms with Crippen molar-refractivity contribution < 1.29 is 58.0 Å². The Bertz CT molecular complexity index is 1650. The highest BCUT2D eigenvalue weighted by atomic mass is 79.9. The highest BCUT2D eigenvalue weighted by Gasteiger charge is 2.24. The third-order valence-corrected chi connectivity index (χ3v) is 10.8. The first-order chi connectivity index (χ1) is 29.4. The van der Waals surface area contributed by atoms with Crippen molar-refractivity contribution in [1.82, 2.24) is 10.6 Å². The predicted molar refractivity (Wildman–Crippen MR) is 241 cm³/mol. The summed E-state index contributed by atoms with van der Waals surface area (Å²) in [6.07, 6.45) is 3.01. The third kappa shape index (κ3) is 22.5. The van der Waals surface area contributed by atoms with Crippen molar-refractivity contribution >= 4 is 90.4 Å². The molecule has 0 aliphatic carbocycles. The molecule has 0 heterocycles. The molecule has 62 heavy (non-hydrogen) atoms. The first kappa shape index (κ1) is 55.5. The number of benzene rings is 2. The Balaban J connectivity index is 0.000000620. The number of aliphatic hydroxyl groups excluding tert-OH is 2. The SMILES string of the molecule is COC(=O)CCCCC(=O)N[C@@H](C)C(=O)C[C@H](C)C(=O)Nc1cc(CBr)cc(CBr)c1.COC(=O)CCCCC(=O)N[C@@H](C)C(=O)C[C@H](C)C(=O)Nc1cc(CO)cc(CO)c1. The minimum Gasteiger partial charge on any atom is -0.469 e. The van der Waals surface area contributed by atoms with E-state index in [4.69, 9.17) is 0 Å². The van der Waals surface area contributed by atoms with Gasteiger partial charge in [-0.15, -0.1) is 0 Å². The second-order valence-corrected chi connectivity index (χ2v) is 16.0. The molecule has 2 aromatic rings. The van der Waals surface area contributed by atoms with E-state index in [2.05, 4.69) is 62.6 Å². The molecule has 4 atom stereocenters. The Morgan fingerprint density at radius 3 is 1.18 bits per heavy atom. The van der Waals surface area contributed by atoms with E-state index in [0.717, 1.165) is 11.1 Å². The predicted octanol–water partition coefficient (Wildman–Crippen LogP) is 5.69. The van der Waals surface area contributed by atoms with Crippen molar-refractivity contribution in [2.24, 2.45) is 11.8 Å². The number of alkyl halides is 2. The fourth-order valence-corrected chi connectivity index (χ4v) is 6.43. The quantitative estimate of drug-likeness (QED) is 0.0378. The van der Waals surface area contributed by atoms with E-state index in [1.54, 1.807) is 45.9 Å². The largest absolute Gasteiger partial charge is 0.469 e.